The van der Waals surface area contributed by atoms with E-state index in [9.17, 15) is 14.0 Å². The molecule has 0 radical (unpaired) electrons. The smallest absolute Gasteiger partial charge is 0.274 e. The van der Waals surface area contributed by atoms with Gasteiger partial charge in [-0.1, -0.05) is 0 Å². The minimum atomic E-state index is -0.583. The predicted octanol–water partition coefficient (Wildman–Crippen LogP) is 0.465. The van der Waals surface area contributed by atoms with E-state index in [1.165, 1.54) is 16.5 Å². The Morgan fingerprint density at radius 3 is 2.72 bits per heavy atom. The van der Waals surface area contributed by atoms with Crippen LogP contribution in [0.2, 0.25) is 0 Å². The molecule has 0 bridgehead atoms. The number of nitrogens with zero attached hydrogens (tertiary/aromatic N) is 6. The van der Waals surface area contributed by atoms with Gasteiger partial charge in [0.15, 0.2) is 5.65 Å². The molecule has 2 heterocycles. The van der Waals surface area contributed by atoms with Gasteiger partial charge in [0.05, 0.1) is 5.57 Å². The van der Waals surface area contributed by atoms with Crippen LogP contribution in [0.3, 0.4) is 0 Å². The van der Waals surface area contributed by atoms with E-state index in [-0.39, 0.29) is 17.8 Å². The highest BCUT2D eigenvalue weighted by Crippen LogP contribution is 2.15. The Morgan fingerprint density at radius 2 is 2.14 bits per heavy atom. The van der Waals surface area contributed by atoms with Crippen LogP contribution in [0.5, 0.6) is 0 Å². The first-order valence-corrected chi connectivity index (χ1v) is 8.95. The normalized spacial score (nSPS) is 12.2. The summed E-state index contributed by atoms with van der Waals surface area (Å²) in [7, 11) is 4.70. The van der Waals surface area contributed by atoms with Gasteiger partial charge >= 0.3 is 0 Å². The molecule has 0 atom stereocenters. The van der Waals surface area contributed by atoms with Crippen LogP contribution in [-0.4, -0.2) is 77.9 Å². The van der Waals surface area contributed by atoms with Gasteiger partial charge in [0, 0.05) is 58.4 Å². The van der Waals surface area contributed by atoms with Crippen LogP contribution in [0.1, 0.15) is 6.92 Å². The van der Waals surface area contributed by atoms with E-state index < -0.39 is 18.5 Å². The maximum atomic E-state index is 12.7. The predicted molar refractivity (Wildman–Crippen MR) is 110 cm³/mol. The number of nitrogens with two attached hydrogens (primary N) is 1. The van der Waals surface area contributed by atoms with E-state index in [0.29, 0.717) is 23.8 Å². The second-order valence-corrected chi connectivity index (χ2v) is 6.17. The number of amides is 2. The highest BCUT2D eigenvalue weighted by atomic mass is 19.1. The monoisotopic (exact) mass is 404 g/mol. The summed E-state index contributed by atoms with van der Waals surface area (Å²) in [5.41, 5.74) is 6.41. The fraction of sp³-hybridized carbons (Fsp3) is 0.389. The van der Waals surface area contributed by atoms with Crippen LogP contribution in [0, 0.1) is 0 Å². The number of likely N-dealkylation sites (N-methyl/N-ethyl adjacent to an activating group) is 1. The highest BCUT2D eigenvalue weighted by molar-refractivity contribution is 6.53. The number of anilines is 2. The SMILES string of the molecule is CCN(C)C(=O)C(=CN)C(=NC)C(=O)Nc1ccn2nc(N(C)CCF)nc2c1. The van der Waals surface area contributed by atoms with E-state index in [0.717, 1.165) is 6.20 Å². The second kappa shape index (κ2) is 9.62. The van der Waals surface area contributed by atoms with E-state index in [4.69, 9.17) is 5.73 Å². The highest BCUT2D eigenvalue weighted by Gasteiger charge is 2.24. The van der Waals surface area contributed by atoms with Crippen LogP contribution in [-0.2, 0) is 9.59 Å². The minimum absolute atomic E-state index is 0.00744. The van der Waals surface area contributed by atoms with Crippen molar-refractivity contribution in [2.24, 2.45) is 10.7 Å². The topological polar surface area (TPSA) is 121 Å². The summed E-state index contributed by atoms with van der Waals surface area (Å²) in [4.78, 5) is 36.4. The molecule has 0 saturated heterocycles. The largest absolute Gasteiger partial charge is 0.404 e. The molecule has 3 N–H and O–H groups in total. The number of halogens is 1. The fourth-order valence-corrected chi connectivity index (χ4v) is 2.47. The Kier molecular flexibility index (Phi) is 7.23. The zero-order chi connectivity index (χ0) is 21.6. The molecule has 10 nitrogen and oxygen atoms in total. The first-order chi connectivity index (χ1) is 13.9. The Bertz CT molecular complexity index is 952. The Balaban J connectivity index is 2.24. The fourth-order valence-electron chi connectivity index (χ4n) is 2.47. The molecule has 2 rings (SSSR count). The lowest BCUT2D eigenvalue weighted by molar-refractivity contribution is -0.125. The van der Waals surface area contributed by atoms with Crippen molar-refractivity contribution in [2.75, 3.05) is 51.1 Å². The van der Waals surface area contributed by atoms with Crippen LogP contribution in [0.25, 0.3) is 5.65 Å². The lowest BCUT2D eigenvalue weighted by Gasteiger charge is -2.17. The number of hydrogen-bond donors (Lipinski definition) is 2. The van der Waals surface area contributed by atoms with Gasteiger partial charge in [0.25, 0.3) is 11.8 Å². The zero-order valence-corrected chi connectivity index (χ0v) is 16.9. The van der Waals surface area contributed by atoms with E-state index in [1.807, 2.05) is 6.92 Å². The third-order valence-electron chi connectivity index (χ3n) is 4.26. The number of hydrogen-bond acceptors (Lipinski definition) is 7. The molecule has 0 spiro atoms. The molecule has 0 unspecified atom stereocenters. The van der Waals surface area contributed by atoms with Gasteiger partial charge in [-0.2, -0.15) is 4.98 Å². The summed E-state index contributed by atoms with van der Waals surface area (Å²) in [6.45, 7) is 1.92. The Hall–Kier alpha value is -3.50. The van der Waals surface area contributed by atoms with Crippen molar-refractivity contribution in [3.05, 3.63) is 30.1 Å². The molecule has 0 aromatic carbocycles. The molecule has 156 valence electrons. The molecule has 2 amide bonds. The number of nitrogens with one attached hydrogen (secondary N) is 1. The molecule has 0 aliphatic heterocycles. The average Bonchev–Trinajstić information content (AvgIpc) is 3.14. The number of aromatic nitrogens is 3. The van der Waals surface area contributed by atoms with Gasteiger partial charge < -0.3 is 20.9 Å². The van der Waals surface area contributed by atoms with Crippen molar-refractivity contribution in [3.8, 4) is 0 Å². The number of fused-ring (bicyclic) bond motifs is 1. The van der Waals surface area contributed by atoms with Crippen molar-refractivity contribution < 1.29 is 14.0 Å². The van der Waals surface area contributed by atoms with E-state index in [2.05, 4.69) is 20.4 Å². The zero-order valence-electron chi connectivity index (χ0n) is 16.9. The summed E-state index contributed by atoms with van der Waals surface area (Å²) >= 11 is 0. The van der Waals surface area contributed by atoms with E-state index >= 15 is 0 Å². The molecule has 0 aliphatic carbocycles. The number of alkyl halides is 1. The lowest BCUT2D eigenvalue weighted by Crippen LogP contribution is -2.35. The number of carbonyl (C=O) groups is 2. The van der Waals surface area contributed by atoms with Gasteiger partial charge in [-0.15, -0.1) is 5.10 Å². The van der Waals surface area contributed by atoms with Crippen molar-refractivity contribution in [1.29, 1.82) is 0 Å². The summed E-state index contributed by atoms with van der Waals surface area (Å²) in [5, 5.41) is 6.93. The molecule has 0 aliphatic rings. The number of pyridine rings is 1. The quantitative estimate of drug-likeness (QED) is 0.487. The molecular weight excluding hydrogens is 379 g/mol. The van der Waals surface area contributed by atoms with Crippen LogP contribution in [0.4, 0.5) is 16.0 Å². The average molecular weight is 404 g/mol. The number of aliphatic imine (C=N–C) groups is 1. The van der Waals surface area contributed by atoms with Crippen LogP contribution < -0.4 is 16.0 Å². The number of carbonyl (C=O) groups excluding carboxylic acids is 2. The van der Waals surface area contributed by atoms with Gasteiger partial charge in [0.1, 0.15) is 12.4 Å². The first-order valence-electron chi connectivity index (χ1n) is 8.95. The minimum Gasteiger partial charge on any atom is -0.404 e. The van der Waals surface area contributed by atoms with Crippen molar-refractivity contribution in [2.45, 2.75) is 6.92 Å². The molecule has 2 aromatic rings. The van der Waals surface area contributed by atoms with E-state index in [1.54, 1.807) is 37.3 Å². The van der Waals surface area contributed by atoms with Crippen molar-refractivity contribution in [1.82, 2.24) is 19.5 Å². The standard InChI is InChI=1S/C18H25FN8O2/c1-5-25(3)17(29)13(11-20)15(21-2)16(28)22-12-6-8-27-14(10-12)23-18(24-27)26(4)9-7-19/h6,8,10-11H,5,7,9,20H2,1-4H3,(H,22,28). The van der Waals surface area contributed by atoms with Gasteiger partial charge in [-0.25, -0.2) is 8.91 Å². The van der Waals surface area contributed by atoms with Crippen LogP contribution in [0.15, 0.2) is 35.1 Å². The van der Waals surface area contributed by atoms with Gasteiger partial charge in [-0.05, 0) is 13.0 Å². The third-order valence-corrected chi connectivity index (χ3v) is 4.26. The maximum absolute atomic E-state index is 12.7. The molecule has 0 fully saturated rings. The summed E-state index contributed by atoms with van der Waals surface area (Å²) in [6.07, 6.45) is 2.69. The summed E-state index contributed by atoms with van der Waals surface area (Å²) in [5.74, 6) is -0.622. The Morgan fingerprint density at radius 1 is 1.41 bits per heavy atom. The number of rotatable bonds is 8. The molecule has 29 heavy (non-hydrogen) atoms. The lowest BCUT2D eigenvalue weighted by atomic mass is 10.1. The van der Waals surface area contributed by atoms with Gasteiger partial charge in [-0.3, -0.25) is 14.6 Å². The second-order valence-electron chi connectivity index (χ2n) is 6.17. The van der Waals surface area contributed by atoms with Gasteiger partial charge in [0.2, 0.25) is 5.95 Å². The molecule has 2 aromatic heterocycles. The molecule has 0 saturated carbocycles. The summed E-state index contributed by atoms with van der Waals surface area (Å²) in [6, 6.07) is 3.23. The van der Waals surface area contributed by atoms with Crippen molar-refractivity contribution >= 4 is 34.8 Å². The first kappa shape index (κ1) is 21.8. The van der Waals surface area contributed by atoms with Crippen molar-refractivity contribution in [3.63, 3.8) is 0 Å². The summed E-state index contributed by atoms with van der Waals surface area (Å²) < 4.78 is 14.0. The third kappa shape index (κ3) is 4.86. The molecule has 11 heteroatoms. The maximum Gasteiger partial charge on any atom is 0.274 e. The Labute approximate surface area is 167 Å². The van der Waals surface area contributed by atoms with Crippen LogP contribution >= 0.6 is 0 Å². The molecular formula is C18H25FN8O2.